The fourth-order valence-electron chi connectivity index (χ4n) is 4.48. The van der Waals surface area contributed by atoms with Gasteiger partial charge >= 0.3 is 5.97 Å². The van der Waals surface area contributed by atoms with Gasteiger partial charge in [0.1, 0.15) is 11.6 Å². The van der Waals surface area contributed by atoms with Crippen LogP contribution in [0.3, 0.4) is 0 Å². The number of halogens is 1. The molecular weight excluding hydrogens is 347 g/mol. The van der Waals surface area contributed by atoms with E-state index in [1.807, 2.05) is 6.07 Å². The highest BCUT2D eigenvalue weighted by Crippen LogP contribution is 2.56. The number of carboxylic acids is 1. The Hall–Kier alpha value is -1.62. The SMILES string of the molecule is CC(C)COc1cc(F)cc(COC23CCC(CCC(=O)O)(CC2)CC3)c1. The maximum atomic E-state index is 13.9. The molecule has 4 nitrogen and oxygen atoms in total. The Balaban J connectivity index is 1.56. The average Bonchev–Trinajstić information content (AvgIpc) is 2.65. The molecule has 1 N–H and O–H groups in total. The van der Waals surface area contributed by atoms with Crippen molar-refractivity contribution in [1.29, 1.82) is 0 Å². The van der Waals surface area contributed by atoms with Gasteiger partial charge in [-0.2, -0.15) is 0 Å². The number of ether oxygens (including phenoxy) is 2. The maximum absolute atomic E-state index is 13.9. The Morgan fingerprint density at radius 1 is 1.15 bits per heavy atom. The number of aliphatic carboxylic acids is 1. The lowest BCUT2D eigenvalue weighted by Crippen LogP contribution is -2.47. The van der Waals surface area contributed by atoms with E-state index in [4.69, 9.17) is 14.6 Å². The molecule has 3 fully saturated rings. The molecule has 0 unspecified atom stereocenters. The number of rotatable bonds is 9. The third kappa shape index (κ3) is 5.22. The zero-order chi connectivity index (χ0) is 19.5. The summed E-state index contributed by atoms with van der Waals surface area (Å²) in [6, 6.07) is 4.80. The normalized spacial score (nSPS) is 27.1. The summed E-state index contributed by atoms with van der Waals surface area (Å²) in [5.41, 5.74) is 0.868. The van der Waals surface area contributed by atoms with Gasteiger partial charge in [-0.1, -0.05) is 13.8 Å². The largest absolute Gasteiger partial charge is 0.493 e. The fraction of sp³-hybridized carbons (Fsp3) is 0.682. The van der Waals surface area contributed by atoms with Gasteiger partial charge in [0.05, 0.1) is 18.8 Å². The van der Waals surface area contributed by atoms with Gasteiger partial charge in [-0.05, 0) is 74.0 Å². The van der Waals surface area contributed by atoms with Crippen molar-refractivity contribution in [2.75, 3.05) is 6.61 Å². The van der Waals surface area contributed by atoms with Crippen molar-refractivity contribution in [2.24, 2.45) is 11.3 Å². The van der Waals surface area contributed by atoms with Crippen LogP contribution < -0.4 is 4.74 Å². The van der Waals surface area contributed by atoms with Crippen molar-refractivity contribution < 1.29 is 23.8 Å². The quantitative estimate of drug-likeness (QED) is 0.630. The summed E-state index contributed by atoms with van der Waals surface area (Å²) in [5.74, 6) is -0.0607. The van der Waals surface area contributed by atoms with Crippen molar-refractivity contribution in [3.05, 3.63) is 29.6 Å². The monoisotopic (exact) mass is 378 g/mol. The summed E-state index contributed by atoms with van der Waals surface area (Å²) in [7, 11) is 0. The summed E-state index contributed by atoms with van der Waals surface area (Å²) >= 11 is 0. The first kappa shape index (κ1) is 20.1. The topological polar surface area (TPSA) is 55.8 Å². The molecular formula is C22H31FO4. The van der Waals surface area contributed by atoms with E-state index in [1.165, 1.54) is 12.1 Å². The Morgan fingerprint density at radius 3 is 2.41 bits per heavy atom. The third-order valence-corrected chi connectivity index (χ3v) is 6.26. The average molecular weight is 378 g/mol. The Bertz CT molecular complexity index is 646. The van der Waals surface area contributed by atoms with Crippen molar-refractivity contribution in [3.63, 3.8) is 0 Å². The van der Waals surface area contributed by atoms with Crippen LogP contribution in [0.25, 0.3) is 0 Å². The van der Waals surface area contributed by atoms with Crippen LogP contribution in [0.15, 0.2) is 18.2 Å². The molecule has 3 aliphatic rings. The van der Waals surface area contributed by atoms with Gasteiger partial charge in [0.25, 0.3) is 0 Å². The molecule has 0 amide bonds. The molecule has 0 radical (unpaired) electrons. The molecule has 0 spiro atoms. The van der Waals surface area contributed by atoms with E-state index < -0.39 is 5.97 Å². The molecule has 27 heavy (non-hydrogen) atoms. The van der Waals surface area contributed by atoms with Crippen molar-refractivity contribution >= 4 is 5.97 Å². The molecule has 0 aromatic heterocycles. The molecule has 3 aliphatic carbocycles. The van der Waals surface area contributed by atoms with E-state index in [2.05, 4.69) is 13.8 Å². The second kappa shape index (κ2) is 8.17. The Morgan fingerprint density at radius 2 is 1.81 bits per heavy atom. The summed E-state index contributed by atoms with van der Waals surface area (Å²) < 4.78 is 25.9. The van der Waals surface area contributed by atoms with Crippen LogP contribution >= 0.6 is 0 Å². The predicted molar refractivity (Wildman–Crippen MR) is 101 cm³/mol. The highest BCUT2D eigenvalue weighted by molar-refractivity contribution is 5.66. The van der Waals surface area contributed by atoms with Gasteiger partial charge in [0.2, 0.25) is 0 Å². The van der Waals surface area contributed by atoms with Crippen LogP contribution in [0.2, 0.25) is 0 Å². The van der Waals surface area contributed by atoms with Gasteiger partial charge in [-0.15, -0.1) is 0 Å². The van der Waals surface area contributed by atoms with Crippen LogP contribution in [0, 0.1) is 17.2 Å². The number of carboxylic acid groups (broad SMARTS) is 1. The predicted octanol–water partition coefficient (Wildman–Crippen LogP) is 5.33. The second-order valence-electron chi connectivity index (χ2n) is 8.87. The van der Waals surface area contributed by atoms with Crippen molar-refractivity contribution in [3.8, 4) is 5.75 Å². The molecule has 150 valence electrons. The molecule has 0 heterocycles. The molecule has 3 saturated carbocycles. The zero-order valence-electron chi connectivity index (χ0n) is 16.4. The minimum absolute atomic E-state index is 0.129. The lowest BCUT2D eigenvalue weighted by molar-refractivity contribution is -0.150. The summed E-state index contributed by atoms with van der Waals surface area (Å²) in [4.78, 5) is 10.9. The minimum atomic E-state index is -0.704. The lowest BCUT2D eigenvalue weighted by Gasteiger charge is -2.53. The molecule has 4 rings (SSSR count). The van der Waals surface area contributed by atoms with E-state index in [0.29, 0.717) is 24.9 Å². The van der Waals surface area contributed by atoms with Crippen LogP contribution in [0.4, 0.5) is 4.39 Å². The van der Waals surface area contributed by atoms with Crippen molar-refractivity contribution in [2.45, 2.75) is 77.4 Å². The molecule has 0 aliphatic heterocycles. The highest BCUT2D eigenvalue weighted by Gasteiger charge is 2.49. The first-order valence-electron chi connectivity index (χ1n) is 10.1. The fourth-order valence-corrected chi connectivity index (χ4v) is 4.48. The maximum Gasteiger partial charge on any atom is 0.303 e. The first-order chi connectivity index (χ1) is 12.8. The van der Waals surface area contributed by atoms with Gasteiger partial charge in [-0.25, -0.2) is 4.39 Å². The molecule has 0 atom stereocenters. The zero-order valence-corrected chi connectivity index (χ0v) is 16.4. The number of fused-ring (bicyclic) bond motifs is 3. The van der Waals surface area contributed by atoms with E-state index in [9.17, 15) is 9.18 Å². The second-order valence-corrected chi connectivity index (χ2v) is 8.87. The van der Waals surface area contributed by atoms with Gasteiger partial charge < -0.3 is 14.6 Å². The first-order valence-corrected chi connectivity index (χ1v) is 10.1. The van der Waals surface area contributed by atoms with Crippen molar-refractivity contribution in [1.82, 2.24) is 0 Å². The molecule has 5 heteroatoms. The van der Waals surface area contributed by atoms with Crippen LogP contribution in [-0.4, -0.2) is 23.3 Å². The minimum Gasteiger partial charge on any atom is -0.493 e. The molecule has 1 aromatic carbocycles. The van der Waals surface area contributed by atoms with Gasteiger partial charge in [0.15, 0.2) is 0 Å². The number of hydrogen-bond donors (Lipinski definition) is 1. The van der Waals surface area contributed by atoms with Gasteiger partial charge in [-0.3, -0.25) is 4.79 Å². The van der Waals surface area contributed by atoms with E-state index >= 15 is 0 Å². The highest BCUT2D eigenvalue weighted by atomic mass is 19.1. The molecule has 1 aromatic rings. The number of benzene rings is 1. The van der Waals surface area contributed by atoms with Gasteiger partial charge in [0, 0.05) is 12.5 Å². The lowest BCUT2D eigenvalue weighted by atomic mass is 9.57. The smallest absolute Gasteiger partial charge is 0.303 e. The Labute approximate surface area is 161 Å². The summed E-state index contributed by atoms with van der Waals surface area (Å²) in [5, 5.41) is 8.98. The van der Waals surface area contributed by atoms with E-state index in [1.54, 1.807) is 0 Å². The molecule has 2 bridgehead atoms. The van der Waals surface area contributed by atoms with Crippen LogP contribution in [-0.2, 0) is 16.1 Å². The number of hydrogen-bond acceptors (Lipinski definition) is 3. The standard InChI is InChI=1S/C22H31FO4/c1-16(2)14-26-19-12-17(11-18(23)13-19)15-27-22-8-5-21(6-9-22,7-10-22)4-3-20(24)25/h11-13,16H,3-10,14-15H2,1-2H3,(H,24,25). The van der Waals surface area contributed by atoms with Crippen LogP contribution in [0.1, 0.15) is 70.8 Å². The van der Waals surface area contributed by atoms with E-state index in [0.717, 1.165) is 50.5 Å². The summed E-state index contributed by atoms with van der Waals surface area (Å²) in [6.45, 7) is 5.07. The third-order valence-electron chi connectivity index (χ3n) is 6.26. The van der Waals surface area contributed by atoms with E-state index in [-0.39, 0.29) is 23.3 Å². The van der Waals surface area contributed by atoms with Crippen LogP contribution in [0.5, 0.6) is 5.75 Å². The molecule has 0 saturated heterocycles. The summed E-state index contributed by atoms with van der Waals surface area (Å²) in [6.07, 6.45) is 7.05. The number of carbonyl (C=O) groups is 1. The Kier molecular flexibility index (Phi) is 6.09.